The van der Waals surface area contributed by atoms with E-state index in [2.05, 4.69) is 0 Å². The molecule has 0 atom stereocenters. The van der Waals surface area contributed by atoms with Crippen LogP contribution in [0.4, 0.5) is 13.2 Å². The van der Waals surface area contributed by atoms with Crippen LogP contribution in [-0.4, -0.2) is 42.2 Å². The molecule has 1 fully saturated rings. The summed E-state index contributed by atoms with van der Waals surface area (Å²) >= 11 is 0. The predicted octanol–water partition coefficient (Wildman–Crippen LogP) is 5.08. The monoisotopic (exact) mass is 456 g/mol. The number of aliphatic hydroxyl groups excluding tert-OH is 1. The van der Waals surface area contributed by atoms with Crippen molar-refractivity contribution in [2.75, 3.05) is 6.61 Å². The van der Waals surface area contributed by atoms with Gasteiger partial charge >= 0.3 is 19.3 Å². The zero-order chi connectivity index (χ0) is 24.3. The van der Waals surface area contributed by atoms with E-state index in [1.807, 2.05) is 0 Å². The molecule has 0 amide bonds. The molecule has 1 aromatic rings. The molecule has 1 aromatic carbocycles. The lowest BCUT2D eigenvalue weighted by Gasteiger charge is -2.32. The first-order chi connectivity index (χ1) is 14.7. The van der Waals surface area contributed by atoms with Gasteiger partial charge in [0.15, 0.2) is 0 Å². The van der Waals surface area contributed by atoms with E-state index in [1.165, 1.54) is 25.1 Å². The van der Waals surface area contributed by atoms with E-state index in [9.17, 15) is 23.1 Å². The molecule has 1 saturated heterocycles. The van der Waals surface area contributed by atoms with Crippen LogP contribution in [0.3, 0.4) is 0 Å². The molecule has 176 valence electrons. The van der Waals surface area contributed by atoms with Crippen LogP contribution in [0.15, 0.2) is 47.3 Å². The second kappa shape index (κ2) is 9.58. The van der Waals surface area contributed by atoms with Crippen LogP contribution < -0.4 is 4.74 Å². The summed E-state index contributed by atoms with van der Waals surface area (Å²) in [6, 6.07) is 5.85. The third-order valence-corrected chi connectivity index (χ3v) is 5.32. The summed E-state index contributed by atoms with van der Waals surface area (Å²) in [4.78, 5) is 11.8. The van der Waals surface area contributed by atoms with Gasteiger partial charge in [-0.25, -0.2) is 0 Å². The Balaban J connectivity index is 2.43. The second-order valence-corrected chi connectivity index (χ2v) is 8.33. The highest BCUT2D eigenvalue weighted by Gasteiger charge is 2.53. The number of hydrogen-bond acceptors (Lipinski definition) is 6. The van der Waals surface area contributed by atoms with Crippen molar-refractivity contribution in [3.63, 3.8) is 0 Å². The van der Waals surface area contributed by atoms with Crippen molar-refractivity contribution in [1.82, 2.24) is 0 Å². The smallest absolute Gasteiger partial charge is 0.498 e. The minimum absolute atomic E-state index is 0.146. The highest BCUT2D eigenvalue weighted by molar-refractivity contribution is 6.55. The van der Waals surface area contributed by atoms with Crippen LogP contribution >= 0.6 is 0 Å². The fourth-order valence-corrected chi connectivity index (χ4v) is 2.86. The van der Waals surface area contributed by atoms with Crippen LogP contribution in [0.25, 0.3) is 0 Å². The van der Waals surface area contributed by atoms with Crippen LogP contribution in [0.2, 0.25) is 0 Å². The molecule has 1 aliphatic rings. The highest BCUT2D eigenvalue weighted by atomic mass is 19.4. The summed E-state index contributed by atoms with van der Waals surface area (Å²) in [6.07, 6.45) is -4.51. The van der Waals surface area contributed by atoms with Crippen LogP contribution in [0, 0.1) is 0 Å². The summed E-state index contributed by atoms with van der Waals surface area (Å²) in [5, 5.41) is 10.1. The van der Waals surface area contributed by atoms with Gasteiger partial charge in [0.05, 0.1) is 30.0 Å². The van der Waals surface area contributed by atoms with Gasteiger partial charge in [0.2, 0.25) is 5.76 Å². The van der Waals surface area contributed by atoms with Gasteiger partial charge < -0.3 is 23.9 Å². The van der Waals surface area contributed by atoms with E-state index in [0.29, 0.717) is 6.08 Å². The maximum absolute atomic E-state index is 13.9. The Hall–Kier alpha value is -2.46. The molecule has 2 rings (SSSR count). The summed E-state index contributed by atoms with van der Waals surface area (Å²) < 4.78 is 63.2. The Kier molecular flexibility index (Phi) is 7.73. The van der Waals surface area contributed by atoms with Crippen molar-refractivity contribution in [2.45, 2.75) is 65.3 Å². The number of para-hydroxylation sites is 1. The van der Waals surface area contributed by atoms with E-state index >= 15 is 0 Å². The zero-order valence-corrected chi connectivity index (χ0v) is 19.0. The molecule has 6 nitrogen and oxygen atoms in total. The molecular weight excluding hydrogens is 428 g/mol. The number of aliphatic hydroxyl groups is 1. The summed E-state index contributed by atoms with van der Waals surface area (Å²) in [5.41, 5.74) is -1.64. The molecule has 32 heavy (non-hydrogen) atoms. The normalized spacial score (nSPS) is 18.9. The molecule has 1 aliphatic heterocycles. The third kappa shape index (κ3) is 6.07. The molecule has 0 aromatic heterocycles. The first-order valence-electron chi connectivity index (χ1n) is 10.1. The molecule has 0 unspecified atom stereocenters. The maximum atomic E-state index is 13.9. The first-order valence-corrected chi connectivity index (χ1v) is 10.1. The lowest BCUT2D eigenvalue weighted by molar-refractivity contribution is -0.142. The number of halogens is 3. The number of alkyl halides is 3. The summed E-state index contributed by atoms with van der Waals surface area (Å²) in [7, 11) is -1.24. The van der Waals surface area contributed by atoms with Crippen molar-refractivity contribution in [2.24, 2.45) is 0 Å². The number of esters is 1. The fraction of sp³-hybridized carbons (Fsp3) is 0.500. The average molecular weight is 456 g/mol. The van der Waals surface area contributed by atoms with Crippen molar-refractivity contribution >= 4 is 13.1 Å². The van der Waals surface area contributed by atoms with Crippen molar-refractivity contribution in [3.8, 4) is 5.75 Å². The van der Waals surface area contributed by atoms with Crippen molar-refractivity contribution in [3.05, 3.63) is 52.9 Å². The van der Waals surface area contributed by atoms with Gasteiger partial charge in [-0.2, -0.15) is 13.2 Å². The summed E-state index contributed by atoms with van der Waals surface area (Å²) in [6.45, 7) is 9.99. The van der Waals surface area contributed by atoms with Gasteiger partial charge in [0, 0.05) is 11.0 Å². The highest BCUT2D eigenvalue weighted by Crippen LogP contribution is 2.40. The van der Waals surface area contributed by atoms with Crippen LogP contribution in [-0.2, 0) is 25.3 Å². The van der Waals surface area contributed by atoms with Gasteiger partial charge in [-0.05, 0) is 53.7 Å². The van der Waals surface area contributed by atoms with Crippen LogP contribution in [0.1, 0.15) is 47.1 Å². The standard InChI is InChI=1S/C22H28BF3O6/c1-7-29-19(28)12-15-10-8-9-11-17(15)30-18(22(24,25)26)13-16(14(2)27)23-31-20(3,4)21(5,6)32-23/h8-11,13,27H,7,12H2,1-6H3/b16-14-,18-13+. The summed E-state index contributed by atoms with van der Waals surface area (Å²) in [5.74, 6) is -2.56. The third-order valence-electron chi connectivity index (χ3n) is 5.32. The fourth-order valence-electron chi connectivity index (χ4n) is 2.86. The van der Waals surface area contributed by atoms with Gasteiger partial charge in [-0.1, -0.05) is 18.2 Å². The largest absolute Gasteiger partial charge is 0.513 e. The second-order valence-electron chi connectivity index (χ2n) is 8.33. The van der Waals surface area contributed by atoms with E-state index in [4.69, 9.17) is 18.8 Å². The van der Waals surface area contributed by atoms with Crippen molar-refractivity contribution < 1.29 is 41.9 Å². The van der Waals surface area contributed by atoms with E-state index < -0.39 is 42.0 Å². The maximum Gasteiger partial charge on any atom is 0.498 e. The zero-order valence-electron chi connectivity index (χ0n) is 19.0. The van der Waals surface area contributed by atoms with Gasteiger partial charge in [-0.3, -0.25) is 4.79 Å². The quantitative estimate of drug-likeness (QED) is 0.267. The molecule has 1 heterocycles. The molecule has 0 bridgehead atoms. The van der Waals surface area contributed by atoms with Crippen molar-refractivity contribution in [1.29, 1.82) is 0 Å². The van der Waals surface area contributed by atoms with Crippen LogP contribution in [0.5, 0.6) is 5.75 Å². The number of carbonyl (C=O) groups is 1. The number of carbonyl (C=O) groups excluding carboxylic acids is 1. The molecule has 1 N–H and O–H groups in total. The minimum atomic E-state index is -4.90. The average Bonchev–Trinajstić information content (AvgIpc) is 2.85. The van der Waals surface area contributed by atoms with Gasteiger partial charge in [0.1, 0.15) is 5.75 Å². The Morgan fingerprint density at radius 3 is 2.22 bits per heavy atom. The number of ether oxygens (including phenoxy) is 2. The molecule has 0 radical (unpaired) electrons. The van der Waals surface area contributed by atoms with E-state index in [-0.39, 0.29) is 29.8 Å². The number of benzene rings is 1. The van der Waals surface area contributed by atoms with Gasteiger partial charge in [-0.15, -0.1) is 0 Å². The Morgan fingerprint density at radius 2 is 1.72 bits per heavy atom. The SMILES string of the molecule is CCOC(=O)Cc1ccccc1O/C(=C/C(B1OC(C)(C)C(C)(C)O1)=C(\C)O)C(F)(F)F. The Bertz CT molecular complexity index is 885. The molecule has 0 saturated carbocycles. The number of rotatable bonds is 7. The number of allylic oxidation sites excluding steroid dienone is 4. The Labute approximate surface area is 186 Å². The molecule has 10 heteroatoms. The molecule has 0 aliphatic carbocycles. The predicted molar refractivity (Wildman–Crippen MR) is 113 cm³/mol. The van der Waals surface area contributed by atoms with E-state index in [0.717, 1.165) is 0 Å². The minimum Gasteiger partial charge on any atom is -0.513 e. The molecule has 0 spiro atoms. The first kappa shape index (κ1) is 25.8. The lowest BCUT2D eigenvalue weighted by Crippen LogP contribution is -2.41. The lowest BCUT2D eigenvalue weighted by atomic mass is 9.77. The van der Waals surface area contributed by atoms with Gasteiger partial charge in [0.25, 0.3) is 0 Å². The Morgan fingerprint density at radius 1 is 1.16 bits per heavy atom. The van der Waals surface area contributed by atoms with E-state index in [1.54, 1.807) is 40.7 Å². The number of hydrogen-bond donors (Lipinski definition) is 1. The topological polar surface area (TPSA) is 74.2 Å². The molecular formula is C22H28BF3O6.